The Bertz CT molecular complexity index is 354. The largest absolute Gasteiger partial charge is 0.455 e. The van der Waals surface area contributed by atoms with Crippen LogP contribution in [-0.2, 0) is 0 Å². The van der Waals surface area contributed by atoms with Crippen molar-refractivity contribution in [1.29, 1.82) is 0 Å². The highest BCUT2D eigenvalue weighted by molar-refractivity contribution is 5.25. The average molecular weight is 239 g/mol. The quantitative estimate of drug-likeness (QED) is 0.788. The molecule has 1 aromatic rings. The lowest BCUT2D eigenvalue weighted by molar-refractivity contribution is -0.291. The summed E-state index contributed by atoms with van der Waals surface area (Å²) in [5.41, 5.74) is 5.45. The van der Waals surface area contributed by atoms with Crippen molar-refractivity contribution >= 4 is 0 Å². The molecule has 0 aliphatic carbocycles. The summed E-state index contributed by atoms with van der Waals surface area (Å²) in [5.74, 6) is -4.93. The SMILES string of the molecule is Cc1ccc([C@@H](N)C(F)(F)C(F)(F)F)cc1. The van der Waals surface area contributed by atoms with Crippen molar-refractivity contribution in [2.45, 2.75) is 25.1 Å². The van der Waals surface area contributed by atoms with Gasteiger partial charge in [-0.15, -0.1) is 0 Å². The first-order valence-corrected chi connectivity index (χ1v) is 4.43. The smallest absolute Gasteiger partial charge is 0.319 e. The van der Waals surface area contributed by atoms with E-state index in [1.54, 1.807) is 6.92 Å². The second-order valence-corrected chi connectivity index (χ2v) is 3.51. The summed E-state index contributed by atoms with van der Waals surface area (Å²) in [4.78, 5) is 0. The zero-order valence-electron chi connectivity index (χ0n) is 8.35. The minimum atomic E-state index is -5.64. The number of halogens is 5. The summed E-state index contributed by atoms with van der Waals surface area (Å²) in [7, 11) is 0. The van der Waals surface area contributed by atoms with Crippen molar-refractivity contribution in [1.82, 2.24) is 0 Å². The standard InChI is InChI=1S/C10H10F5N/c1-6-2-4-7(5-3-6)8(16)9(11,12)10(13,14)15/h2-5,8H,16H2,1H3/t8-/m1/s1. The zero-order valence-corrected chi connectivity index (χ0v) is 8.35. The third-order valence-corrected chi connectivity index (χ3v) is 2.21. The highest BCUT2D eigenvalue weighted by Crippen LogP contribution is 2.43. The van der Waals surface area contributed by atoms with E-state index in [1.165, 1.54) is 24.3 Å². The number of benzene rings is 1. The molecule has 0 saturated heterocycles. The van der Waals surface area contributed by atoms with E-state index in [4.69, 9.17) is 5.73 Å². The minimum Gasteiger partial charge on any atom is -0.319 e. The van der Waals surface area contributed by atoms with Crippen LogP contribution in [0.5, 0.6) is 0 Å². The zero-order chi connectivity index (χ0) is 12.6. The molecular formula is C10H10F5N. The first-order valence-electron chi connectivity index (χ1n) is 4.43. The molecule has 0 saturated carbocycles. The van der Waals surface area contributed by atoms with Gasteiger partial charge in [0.25, 0.3) is 0 Å². The van der Waals surface area contributed by atoms with E-state index in [1.807, 2.05) is 0 Å². The van der Waals surface area contributed by atoms with Crippen LogP contribution in [0.2, 0.25) is 0 Å². The maximum absolute atomic E-state index is 12.9. The first kappa shape index (κ1) is 12.9. The molecule has 16 heavy (non-hydrogen) atoms. The van der Waals surface area contributed by atoms with Crippen molar-refractivity contribution in [3.8, 4) is 0 Å². The topological polar surface area (TPSA) is 26.0 Å². The van der Waals surface area contributed by atoms with Gasteiger partial charge in [-0.2, -0.15) is 22.0 Å². The molecule has 0 aliphatic heterocycles. The predicted molar refractivity (Wildman–Crippen MR) is 49.1 cm³/mol. The Kier molecular flexibility index (Phi) is 3.23. The number of rotatable bonds is 2. The van der Waals surface area contributed by atoms with E-state index in [9.17, 15) is 22.0 Å². The van der Waals surface area contributed by atoms with Crippen LogP contribution in [-0.4, -0.2) is 12.1 Å². The first-order chi connectivity index (χ1) is 7.16. The van der Waals surface area contributed by atoms with Crippen molar-refractivity contribution in [3.63, 3.8) is 0 Å². The van der Waals surface area contributed by atoms with E-state index in [-0.39, 0.29) is 5.56 Å². The highest BCUT2D eigenvalue weighted by Gasteiger charge is 2.61. The Morgan fingerprint density at radius 2 is 1.44 bits per heavy atom. The summed E-state index contributed by atoms with van der Waals surface area (Å²) in [6.45, 7) is 1.69. The number of alkyl halides is 5. The van der Waals surface area contributed by atoms with E-state index in [0.717, 1.165) is 5.56 Å². The Morgan fingerprint density at radius 3 is 1.81 bits per heavy atom. The monoisotopic (exact) mass is 239 g/mol. The molecular weight excluding hydrogens is 229 g/mol. The Labute approximate surface area is 89.1 Å². The van der Waals surface area contributed by atoms with Gasteiger partial charge in [0.15, 0.2) is 0 Å². The van der Waals surface area contributed by atoms with Crippen LogP contribution in [0, 0.1) is 6.92 Å². The van der Waals surface area contributed by atoms with E-state index in [0.29, 0.717) is 0 Å². The molecule has 90 valence electrons. The van der Waals surface area contributed by atoms with Crippen molar-refractivity contribution < 1.29 is 22.0 Å². The fourth-order valence-corrected chi connectivity index (χ4v) is 1.16. The average Bonchev–Trinajstić information content (AvgIpc) is 2.16. The summed E-state index contributed by atoms with van der Waals surface area (Å²) in [5, 5.41) is 0. The lowest BCUT2D eigenvalue weighted by Crippen LogP contribution is -2.45. The van der Waals surface area contributed by atoms with Gasteiger partial charge in [0.05, 0.1) is 0 Å². The predicted octanol–water partition coefficient (Wildman–Crippen LogP) is 3.19. The molecule has 1 atom stereocenters. The molecule has 2 N–H and O–H groups in total. The molecule has 0 aliphatic rings. The van der Waals surface area contributed by atoms with Crippen LogP contribution in [0.4, 0.5) is 22.0 Å². The number of hydrogen-bond acceptors (Lipinski definition) is 1. The maximum Gasteiger partial charge on any atom is 0.455 e. The summed E-state index contributed by atoms with van der Waals surface area (Å²) < 4.78 is 61.8. The molecule has 0 radical (unpaired) electrons. The van der Waals surface area contributed by atoms with Gasteiger partial charge in [-0.3, -0.25) is 0 Å². The van der Waals surface area contributed by atoms with Crippen LogP contribution in [0.25, 0.3) is 0 Å². The van der Waals surface area contributed by atoms with Gasteiger partial charge in [0.1, 0.15) is 6.04 Å². The summed E-state index contributed by atoms with van der Waals surface area (Å²) in [6.07, 6.45) is -5.64. The lowest BCUT2D eigenvalue weighted by Gasteiger charge is -2.25. The molecule has 1 nitrogen and oxygen atoms in total. The molecule has 0 spiro atoms. The van der Waals surface area contributed by atoms with E-state index in [2.05, 4.69) is 0 Å². The number of hydrogen-bond donors (Lipinski definition) is 1. The molecule has 0 heterocycles. The van der Waals surface area contributed by atoms with Gasteiger partial charge in [-0.05, 0) is 12.5 Å². The van der Waals surface area contributed by atoms with Crippen LogP contribution in [0.15, 0.2) is 24.3 Å². The molecule has 0 amide bonds. The summed E-state index contributed by atoms with van der Waals surface area (Å²) in [6, 6.07) is 2.82. The van der Waals surface area contributed by atoms with Crippen LogP contribution >= 0.6 is 0 Å². The Morgan fingerprint density at radius 1 is 1.00 bits per heavy atom. The highest BCUT2D eigenvalue weighted by atomic mass is 19.4. The van der Waals surface area contributed by atoms with Crippen LogP contribution in [0.1, 0.15) is 17.2 Å². The molecule has 0 bridgehead atoms. The summed E-state index contributed by atoms with van der Waals surface area (Å²) >= 11 is 0. The van der Waals surface area contributed by atoms with Crippen LogP contribution < -0.4 is 5.73 Å². The van der Waals surface area contributed by atoms with Gasteiger partial charge >= 0.3 is 12.1 Å². The van der Waals surface area contributed by atoms with E-state index >= 15 is 0 Å². The Balaban J connectivity index is 3.02. The van der Waals surface area contributed by atoms with Gasteiger partial charge in [-0.1, -0.05) is 29.8 Å². The van der Waals surface area contributed by atoms with Gasteiger partial charge in [0.2, 0.25) is 0 Å². The fraction of sp³-hybridized carbons (Fsp3) is 0.400. The molecule has 0 unspecified atom stereocenters. The maximum atomic E-state index is 12.9. The molecule has 0 fully saturated rings. The normalized spacial score (nSPS) is 14.9. The van der Waals surface area contributed by atoms with Crippen molar-refractivity contribution in [2.75, 3.05) is 0 Å². The molecule has 1 aromatic carbocycles. The fourth-order valence-electron chi connectivity index (χ4n) is 1.16. The molecule has 6 heteroatoms. The van der Waals surface area contributed by atoms with Crippen molar-refractivity contribution in [3.05, 3.63) is 35.4 Å². The van der Waals surface area contributed by atoms with Gasteiger partial charge in [-0.25, -0.2) is 0 Å². The number of aryl methyl sites for hydroxylation is 1. The lowest BCUT2D eigenvalue weighted by atomic mass is 10.00. The van der Waals surface area contributed by atoms with E-state index < -0.39 is 18.1 Å². The Hall–Kier alpha value is -1.17. The third kappa shape index (κ3) is 2.32. The van der Waals surface area contributed by atoms with Gasteiger partial charge in [0, 0.05) is 0 Å². The minimum absolute atomic E-state index is 0.243. The molecule has 1 rings (SSSR count). The second-order valence-electron chi connectivity index (χ2n) is 3.51. The number of nitrogens with two attached hydrogens (primary N) is 1. The van der Waals surface area contributed by atoms with Gasteiger partial charge < -0.3 is 5.73 Å². The van der Waals surface area contributed by atoms with Crippen LogP contribution in [0.3, 0.4) is 0 Å². The second kappa shape index (κ2) is 4.01. The van der Waals surface area contributed by atoms with Crippen molar-refractivity contribution in [2.24, 2.45) is 5.73 Å². The third-order valence-electron chi connectivity index (χ3n) is 2.21. The molecule has 0 aromatic heterocycles.